The van der Waals surface area contributed by atoms with Crippen LogP contribution in [-0.4, -0.2) is 11.3 Å². The highest BCUT2D eigenvalue weighted by Crippen LogP contribution is 2.18. The summed E-state index contributed by atoms with van der Waals surface area (Å²) in [6, 6.07) is 5.72. The molecule has 0 aliphatic carbocycles. The van der Waals surface area contributed by atoms with Crippen molar-refractivity contribution >= 4 is 6.29 Å². The third-order valence-electron chi connectivity index (χ3n) is 4.10. The fourth-order valence-electron chi connectivity index (χ4n) is 1.91. The molecule has 1 aromatic rings. The van der Waals surface area contributed by atoms with Gasteiger partial charge < -0.3 is 4.79 Å². The van der Waals surface area contributed by atoms with E-state index in [1.165, 1.54) is 25.7 Å². The zero-order valence-corrected chi connectivity index (χ0v) is 16.3. The molecule has 0 fully saturated rings. The van der Waals surface area contributed by atoms with Gasteiger partial charge in [0.2, 0.25) is 0 Å². The lowest BCUT2D eigenvalue weighted by atomic mass is 9.88. The largest absolute Gasteiger partial charge is 0.303 e. The first-order valence-corrected chi connectivity index (χ1v) is 9.25. The van der Waals surface area contributed by atoms with E-state index in [0.29, 0.717) is 0 Å². The van der Waals surface area contributed by atoms with Crippen LogP contribution in [-0.2, 0) is 4.79 Å². The summed E-state index contributed by atoms with van der Waals surface area (Å²) >= 11 is 0. The van der Waals surface area contributed by atoms with Crippen LogP contribution in [0.4, 0.5) is 0 Å². The predicted octanol–water partition coefficient (Wildman–Crippen LogP) is 6.56. The van der Waals surface area contributed by atoms with Crippen LogP contribution in [0.1, 0.15) is 80.1 Å². The Morgan fingerprint density at radius 3 is 1.61 bits per heavy atom. The molecule has 0 aliphatic rings. The molecule has 1 heterocycles. The van der Waals surface area contributed by atoms with Gasteiger partial charge in [-0.2, -0.15) is 0 Å². The number of unbranched alkanes of at least 4 members (excludes halogenated alkanes) is 5. The molecule has 0 radical (unpaired) electrons. The Hall–Kier alpha value is -1.18. The number of carbonyl (C=O) groups is 1. The number of carbonyl (C=O) groups excluding carboxylic acids is 1. The van der Waals surface area contributed by atoms with Crippen molar-refractivity contribution in [1.29, 1.82) is 0 Å². The molecule has 23 heavy (non-hydrogen) atoms. The highest BCUT2D eigenvalue weighted by Gasteiger charge is 2.09. The molecule has 0 bridgehead atoms. The number of hydrogen-bond donors (Lipinski definition) is 0. The maximum absolute atomic E-state index is 9.84. The number of aromatic nitrogens is 1. The van der Waals surface area contributed by atoms with E-state index in [1.807, 2.05) is 18.2 Å². The van der Waals surface area contributed by atoms with Gasteiger partial charge in [-0.15, -0.1) is 0 Å². The summed E-state index contributed by atoms with van der Waals surface area (Å²) in [6.45, 7) is 13.6. The summed E-state index contributed by atoms with van der Waals surface area (Å²) in [5.74, 6) is 2.56. The number of hydrogen-bond acceptors (Lipinski definition) is 2. The fourth-order valence-corrected chi connectivity index (χ4v) is 1.91. The third-order valence-corrected chi connectivity index (χ3v) is 4.10. The minimum absolute atomic E-state index is 0.754. The molecule has 2 heteroatoms. The van der Waals surface area contributed by atoms with Crippen molar-refractivity contribution in [2.24, 2.45) is 17.8 Å². The van der Waals surface area contributed by atoms with Crippen LogP contribution >= 0.6 is 0 Å². The van der Waals surface area contributed by atoms with Gasteiger partial charge in [-0.05, 0) is 36.3 Å². The maximum atomic E-state index is 9.84. The van der Waals surface area contributed by atoms with Crippen LogP contribution in [0.3, 0.4) is 0 Å². The molecule has 0 saturated heterocycles. The van der Waals surface area contributed by atoms with E-state index in [2.05, 4.69) is 46.5 Å². The van der Waals surface area contributed by atoms with E-state index in [4.69, 9.17) is 0 Å². The van der Waals surface area contributed by atoms with Crippen LogP contribution in [0, 0.1) is 17.8 Å². The quantitative estimate of drug-likeness (QED) is 0.401. The SMILES string of the molecule is CC(C)C(C)C(C)C.CCCCCCCC=O.c1ccncc1. The Labute approximate surface area is 145 Å². The summed E-state index contributed by atoms with van der Waals surface area (Å²) in [6.07, 6.45) is 11.5. The monoisotopic (exact) mass is 321 g/mol. The lowest BCUT2D eigenvalue weighted by Gasteiger charge is -2.18. The molecule has 2 nitrogen and oxygen atoms in total. The second-order valence-corrected chi connectivity index (χ2v) is 6.74. The Balaban J connectivity index is 0. The van der Waals surface area contributed by atoms with Gasteiger partial charge >= 0.3 is 0 Å². The summed E-state index contributed by atoms with van der Waals surface area (Å²) in [5.41, 5.74) is 0. The molecule has 0 amide bonds. The lowest BCUT2D eigenvalue weighted by molar-refractivity contribution is -0.107. The van der Waals surface area contributed by atoms with E-state index < -0.39 is 0 Å². The molecular formula is C21H39NO. The van der Waals surface area contributed by atoms with Crippen molar-refractivity contribution in [1.82, 2.24) is 4.98 Å². The fraction of sp³-hybridized carbons (Fsp3) is 0.714. The van der Waals surface area contributed by atoms with E-state index in [-0.39, 0.29) is 0 Å². The molecule has 0 N–H and O–H groups in total. The summed E-state index contributed by atoms with van der Waals surface area (Å²) in [5, 5.41) is 0. The lowest BCUT2D eigenvalue weighted by Crippen LogP contribution is -2.10. The Morgan fingerprint density at radius 1 is 0.826 bits per heavy atom. The first-order valence-electron chi connectivity index (χ1n) is 9.25. The predicted molar refractivity (Wildman–Crippen MR) is 103 cm³/mol. The smallest absolute Gasteiger partial charge is 0.119 e. The van der Waals surface area contributed by atoms with Crippen LogP contribution in [0.5, 0.6) is 0 Å². The number of aldehydes is 1. The van der Waals surface area contributed by atoms with E-state index >= 15 is 0 Å². The second kappa shape index (κ2) is 18.9. The van der Waals surface area contributed by atoms with Gasteiger partial charge in [-0.1, -0.05) is 73.3 Å². The van der Waals surface area contributed by atoms with Crippen molar-refractivity contribution in [3.63, 3.8) is 0 Å². The van der Waals surface area contributed by atoms with Gasteiger partial charge in [0.25, 0.3) is 0 Å². The molecule has 0 spiro atoms. The van der Waals surface area contributed by atoms with Crippen LogP contribution in [0.2, 0.25) is 0 Å². The van der Waals surface area contributed by atoms with E-state index in [0.717, 1.165) is 36.9 Å². The Bertz CT molecular complexity index is 287. The molecule has 1 aromatic heterocycles. The standard InChI is InChI=1S/C8H16O.C8H18.C5H5N/c1-2-3-4-5-6-7-8-9;1-6(2)8(5)7(3)4;1-2-4-6-5-3-1/h8H,2-7H2,1H3;6-8H,1-5H3;1-5H. The van der Waals surface area contributed by atoms with Crippen molar-refractivity contribution in [3.05, 3.63) is 30.6 Å². The summed E-state index contributed by atoms with van der Waals surface area (Å²) < 4.78 is 0. The van der Waals surface area contributed by atoms with Gasteiger partial charge in [0.1, 0.15) is 6.29 Å². The minimum Gasteiger partial charge on any atom is -0.303 e. The first-order chi connectivity index (χ1) is 11.0. The average Bonchev–Trinajstić information content (AvgIpc) is 2.56. The van der Waals surface area contributed by atoms with Gasteiger partial charge in [0.05, 0.1) is 0 Å². The number of pyridine rings is 1. The molecule has 0 saturated carbocycles. The Kier molecular flexibility index (Phi) is 19.8. The minimum atomic E-state index is 0.754. The van der Waals surface area contributed by atoms with Crippen molar-refractivity contribution in [3.8, 4) is 0 Å². The van der Waals surface area contributed by atoms with Gasteiger partial charge in [0, 0.05) is 18.8 Å². The molecule has 0 unspecified atom stereocenters. The van der Waals surface area contributed by atoms with Crippen molar-refractivity contribution in [2.75, 3.05) is 0 Å². The zero-order chi connectivity index (χ0) is 17.9. The average molecular weight is 322 g/mol. The second-order valence-electron chi connectivity index (χ2n) is 6.74. The number of nitrogens with zero attached hydrogens (tertiary/aromatic N) is 1. The molecule has 1 rings (SSSR count). The van der Waals surface area contributed by atoms with E-state index in [1.54, 1.807) is 12.4 Å². The maximum Gasteiger partial charge on any atom is 0.119 e. The normalized spacial score (nSPS) is 9.96. The summed E-state index contributed by atoms with van der Waals surface area (Å²) in [7, 11) is 0. The van der Waals surface area contributed by atoms with Crippen molar-refractivity contribution < 1.29 is 4.79 Å². The molecule has 0 atom stereocenters. The van der Waals surface area contributed by atoms with Gasteiger partial charge in [0.15, 0.2) is 0 Å². The molecule has 0 aliphatic heterocycles. The highest BCUT2D eigenvalue weighted by molar-refractivity contribution is 5.48. The zero-order valence-electron chi connectivity index (χ0n) is 16.3. The van der Waals surface area contributed by atoms with Gasteiger partial charge in [-0.25, -0.2) is 0 Å². The van der Waals surface area contributed by atoms with Crippen LogP contribution < -0.4 is 0 Å². The first kappa shape index (κ1) is 24.1. The molecule has 0 aromatic carbocycles. The van der Waals surface area contributed by atoms with Crippen molar-refractivity contribution in [2.45, 2.75) is 80.1 Å². The number of rotatable bonds is 8. The van der Waals surface area contributed by atoms with Crippen LogP contribution in [0.15, 0.2) is 30.6 Å². The molecular weight excluding hydrogens is 282 g/mol. The molecule has 134 valence electrons. The third kappa shape index (κ3) is 20.8. The topological polar surface area (TPSA) is 30.0 Å². The Morgan fingerprint density at radius 2 is 1.35 bits per heavy atom. The summed E-state index contributed by atoms with van der Waals surface area (Å²) in [4.78, 5) is 13.6. The van der Waals surface area contributed by atoms with Gasteiger partial charge in [-0.3, -0.25) is 4.98 Å². The highest BCUT2D eigenvalue weighted by atomic mass is 16.1. The van der Waals surface area contributed by atoms with E-state index in [9.17, 15) is 4.79 Å². The van der Waals surface area contributed by atoms with Crippen LogP contribution in [0.25, 0.3) is 0 Å².